The van der Waals surface area contributed by atoms with E-state index < -0.39 is 40.9 Å². The first-order valence-corrected chi connectivity index (χ1v) is 6.76. The number of rotatable bonds is 4. The van der Waals surface area contributed by atoms with Gasteiger partial charge in [-0.2, -0.15) is 13.2 Å². The summed E-state index contributed by atoms with van der Waals surface area (Å²) in [5.74, 6) is -6.08. The maximum Gasteiger partial charge on any atom is 0.422 e. The molecule has 0 heterocycles. The number of carbonyl (C=O) groups excluding carboxylic acids is 1. The van der Waals surface area contributed by atoms with Crippen LogP contribution >= 0.6 is 0 Å². The molecular formula is C15H11F5O4. The maximum absolute atomic E-state index is 13.7. The van der Waals surface area contributed by atoms with Gasteiger partial charge in [0.05, 0.1) is 0 Å². The standard InChI is InChI=1S/C15H11F5O4/c16-9-6-8(7-10(17)13(9)15(18,19)20)14(4-1-5-14)24-12(23)3-2-11(21)22/h2-3,6-7H,1,4-5H2,(H,21,22)/b3-2+. The van der Waals surface area contributed by atoms with Crippen LogP contribution in [0.2, 0.25) is 0 Å². The molecule has 9 heteroatoms. The van der Waals surface area contributed by atoms with Crippen LogP contribution in [0.1, 0.15) is 30.4 Å². The van der Waals surface area contributed by atoms with Crippen LogP contribution in [-0.4, -0.2) is 17.0 Å². The lowest BCUT2D eigenvalue weighted by Crippen LogP contribution is -2.39. The van der Waals surface area contributed by atoms with Gasteiger partial charge in [0, 0.05) is 17.7 Å². The van der Waals surface area contributed by atoms with Gasteiger partial charge in [0.25, 0.3) is 0 Å². The van der Waals surface area contributed by atoms with E-state index in [2.05, 4.69) is 0 Å². The van der Waals surface area contributed by atoms with E-state index in [0.29, 0.717) is 30.7 Å². The fourth-order valence-electron chi connectivity index (χ4n) is 2.42. The zero-order valence-electron chi connectivity index (χ0n) is 12.0. The van der Waals surface area contributed by atoms with Gasteiger partial charge in [-0.25, -0.2) is 18.4 Å². The van der Waals surface area contributed by atoms with Crippen LogP contribution in [-0.2, 0) is 26.1 Å². The van der Waals surface area contributed by atoms with Crippen molar-refractivity contribution in [2.45, 2.75) is 31.0 Å². The minimum Gasteiger partial charge on any atom is -0.478 e. The monoisotopic (exact) mass is 350 g/mol. The Morgan fingerprint density at radius 2 is 1.67 bits per heavy atom. The Bertz CT molecular complexity index is 681. The summed E-state index contributed by atoms with van der Waals surface area (Å²) in [4.78, 5) is 21.9. The van der Waals surface area contributed by atoms with Crippen molar-refractivity contribution in [3.8, 4) is 0 Å². The predicted molar refractivity (Wildman–Crippen MR) is 69.8 cm³/mol. The molecule has 2 rings (SSSR count). The summed E-state index contributed by atoms with van der Waals surface area (Å²) in [5.41, 5.74) is -3.72. The van der Waals surface area contributed by atoms with Crippen molar-refractivity contribution in [3.63, 3.8) is 0 Å². The van der Waals surface area contributed by atoms with Gasteiger partial charge in [0.15, 0.2) is 0 Å². The van der Waals surface area contributed by atoms with E-state index in [4.69, 9.17) is 9.84 Å². The van der Waals surface area contributed by atoms with Crippen molar-refractivity contribution >= 4 is 11.9 Å². The quantitative estimate of drug-likeness (QED) is 0.512. The van der Waals surface area contributed by atoms with Crippen LogP contribution in [0.4, 0.5) is 22.0 Å². The smallest absolute Gasteiger partial charge is 0.422 e. The predicted octanol–water partition coefficient (Wildman–Crippen LogP) is 3.55. The number of carboxylic acids is 1. The van der Waals surface area contributed by atoms with Crippen molar-refractivity contribution in [2.24, 2.45) is 0 Å². The van der Waals surface area contributed by atoms with Gasteiger partial charge in [-0.05, 0) is 31.4 Å². The fraction of sp³-hybridized carbons (Fsp3) is 0.333. The van der Waals surface area contributed by atoms with E-state index in [1.165, 1.54) is 0 Å². The third kappa shape index (κ3) is 3.55. The Kier molecular flexibility index (Phi) is 4.63. The van der Waals surface area contributed by atoms with Gasteiger partial charge < -0.3 is 9.84 Å². The lowest BCUT2D eigenvalue weighted by atomic mass is 9.74. The molecule has 1 aromatic rings. The largest absolute Gasteiger partial charge is 0.478 e. The number of carboxylic acid groups (broad SMARTS) is 1. The molecule has 1 N–H and O–H groups in total. The van der Waals surface area contributed by atoms with Gasteiger partial charge in [-0.1, -0.05) is 0 Å². The van der Waals surface area contributed by atoms with E-state index in [9.17, 15) is 31.5 Å². The van der Waals surface area contributed by atoms with Crippen LogP contribution < -0.4 is 0 Å². The number of aliphatic carboxylic acids is 1. The number of benzene rings is 1. The molecule has 0 bridgehead atoms. The Balaban J connectivity index is 2.34. The number of alkyl halides is 3. The van der Waals surface area contributed by atoms with E-state index in [-0.39, 0.29) is 18.4 Å². The maximum atomic E-state index is 13.7. The number of ether oxygens (including phenoxy) is 1. The van der Waals surface area contributed by atoms with Crippen LogP contribution in [0.3, 0.4) is 0 Å². The summed E-state index contributed by atoms with van der Waals surface area (Å²) < 4.78 is 70.2. The average molecular weight is 350 g/mol. The highest BCUT2D eigenvalue weighted by atomic mass is 19.4. The number of esters is 1. The molecular weight excluding hydrogens is 339 g/mol. The molecule has 1 fully saturated rings. The third-order valence-corrected chi connectivity index (χ3v) is 3.67. The highest BCUT2D eigenvalue weighted by molar-refractivity contribution is 5.91. The first kappa shape index (κ1) is 17.9. The van der Waals surface area contributed by atoms with Gasteiger partial charge in [-0.3, -0.25) is 0 Å². The minimum atomic E-state index is -5.19. The van der Waals surface area contributed by atoms with Gasteiger partial charge in [0.2, 0.25) is 0 Å². The molecule has 4 nitrogen and oxygen atoms in total. The highest BCUT2D eigenvalue weighted by Gasteiger charge is 2.45. The number of hydrogen-bond acceptors (Lipinski definition) is 3. The van der Waals surface area contributed by atoms with Crippen LogP contribution in [0.25, 0.3) is 0 Å². The molecule has 0 amide bonds. The molecule has 0 atom stereocenters. The summed E-state index contributed by atoms with van der Waals surface area (Å²) in [6.07, 6.45) is -3.23. The van der Waals surface area contributed by atoms with Crippen molar-refractivity contribution < 1.29 is 41.4 Å². The van der Waals surface area contributed by atoms with Crippen molar-refractivity contribution in [2.75, 3.05) is 0 Å². The second-order valence-corrected chi connectivity index (χ2v) is 5.25. The summed E-state index contributed by atoms with van der Waals surface area (Å²) in [7, 11) is 0. The topological polar surface area (TPSA) is 63.6 Å². The number of carbonyl (C=O) groups is 2. The Morgan fingerprint density at radius 3 is 2.04 bits per heavy atom. The minimum absolute atomic E-state index is 0.157. The van der Waals surface area contributed by atoms with Gasteiger partial charge in [0.1, 0.15) is 22.8 Å². The Hall–Kier alpha value is -2.45. The SMILES string of the molecule is O=C(O)/C=C/C(=O)OC1(c2cc(F)c(C(F)(F)F)c(F)c2)CCC1. The normalized spacial score (nSPS) is 16.7. The second-order valence-electron chi connectivity index (χ2n) is 5.25. The molecule has 0 radical (unpaired) electrons. The van der Waals surface area contributed by atoms with Gasteiger partial charge >= 0.3 is 18.1 Å². The highest BCUT2D eigenvalue weighted by Crippen LogP contribution is 2.46. The number of halogens is 5. The summed E-state index contributed by atoms with van der Waals surface area (Å²) in [6, 6.07) is 0.971. The Morgan fingerprint density at radius 1 is 1.12 bits per heavy atom. The van der Waals surface area contributed by atoms with E-state index >= 15 is 0 Å². The molecule has 24 heavy (non-hydrogen) atoms. The molecule has 1 saturated carbocycles. The molecule has 0 unspecified atom stereocenters. The van der Waals surface area contributed by atoms with Crippen LogP contribution in [0, 0.1) is 11.6 Å². The van der Waals surface area contributed by atoms with Gasteiger partial charge in [-0.15, -0.1) is 0 Å². The molecule has 0 saturated heterocycles. The van der Waals surface area contributed by atoms with E-state index in [1.807, 2.05) is 0 Å². The second kappa shape index (κ2) is 6.21. The molecule has 0 aliphatic heterocycles. The first-order chi connectivity index (χ1) is 11.0. The van der Waals surface area contributed by atoms with Crippen molar-refractivity contribution in [3.05, 3.63) is 47.0 Å². The molecule has 0 aromatic heterocycles. The third-order valence-electron chi connectivity index (χ3n) is 3.67. The zero-order valence-corrected chi connectivity index (χ0v) is 12.0. The molecule has 130 valence electrons. The Labute approximate surface area is 132 Å². The van der Waals surface area contributed by atoms with Crippen molar-refractivity contribution in [1.82, 2.24) is 0 Å². The summed E-state index contributed by atoms with van der Waals surface area (Å²) in [5, 5.41) is 8.43. The van der Waals surface area contributed by atoms with E-state index in [0.717, 1.165) is 0 Å². The molecule has 0 spiro atoms. The summed E-state index contributed by atoms with van der Waals surface area (Å²) in [6.45, 7) is 0. The fourth-order valence-corrected chi connectivity index (χ4v) is 2.42. The first-order valence-electron chi connectivity index (χ1n) is 6.76. The molecule has 1 aliphatic rings. The zero-order chi connectivity index (χ0) is 18.1. The number of hydrogen-bond donors (Lipinski definition) is 1. The summed E-state index contributed by atoms with van der Waals surface area (Å²) >= 11 is 0. The lowest BCUT2D eigenvalue weighted by molar-refractivity contribution is -0.166. The average Bonchev–Trinajstić information content (AvgIpc) is 2.38. The van der Waals surface area contributed by atoms with Crippen LogP contribution in [0.5, 0.6) is 0 Å². The lowest BCUT2D eigenvalue weighted by Gasteiger charge is -2.41. The van der Waals surface area contributed by atoms with E-state index in [1.54, 1.807) is 0 Å². The van der Waals surface area contributed by atoms with Crippen molar-refractivity contribution in [1.29, 1.82) is 0 Å². The molecule has 1 aliphatic carbocycles. The van der Waals surface area contributed by atoms with Crippen LogP contribution in [0.15, 0.2) is 24.3 Å². The molecule has 1 aromatic carbocycles.